The molecule has 0 radical (unpaired) electrons. The van der Waals surface area contributed by atoms with Crippen molar-refractivity contribution in [1.82, 2.24) is 20.2 Å². The normalized spacial score (nSPS) is 16.3. The maximum atomic E-state index is 5.74. The molecule has 0 saturated carbocycles. The highest BCUT2D eigenvalue weighted by atomic mass is 127. The molecule has 1 fully saturated rings. The molecule has 2 heterocycles. The average Bonchev–Trinajstić information content (AvgIpc) is 3.44. The summed E-state index contributed by atoms with van der Waals surface area (Å²) in [5.41, 5.74) is 1.33. The van der Waals surface area contributed by atoms with Gasteiger partial charge in [0, 0.05) is 51.7 Å². The predicted molar refractivity (Wildman–Crippen MR) is 130 cm³/mol. The molecule has 1 aliphatic rings. The number of hydrogen-bond donors (Lipinski definition) is 2. The van der Waals surface area contributed by atoms with Crippen molar-refractivity contribution in [3.05, 3.63) is 54.1 Å². The number of guanidine groups is 1. The third-order valence-electron chi connectivity index (χ3n) is 5.06. The van der Waals surface area contributed by atoms with Gasteiger partial charge in [0.15, 0.2) is 5.96 Å². The van der Waals surface area contributed by atoms with Gasteiger partial charge in [0.1, 0.15) is 5.82 Å². The number of nitrogens with one attached hydrogen (secondary N) is 2. The second-order valence-electron chi connectivity index (χ2n) is 7.28. The average molecular weight is 527 g/mol. The van der Waals surface area contributed by atoms with Gasteiger partial charge in [0.25, 0.3) is 0 Å². The molecule has 166 valence electrons. The molecule has 2 aromatic rings. The van der Waals surface area contributed by atoms with Gasteiger partial charge >= 0.3 is 0 Å². The van der Waals surface area contributed by atoms with Gasteiger partial charge in [0.2, 0.25) is 0 Å². The first-order valence-electron chi connectivity index (χ1n) is 10.5. The van der Waals surface area contributed by atoms with E-state index in [0.717, 1.165) is 70.6 Å². The SMILES string of the molecule is CN=C(NCCCOCC1CCOC1)NCc1nccn1CCc1ccccc1.I. The van der Waals surface area contributed by atoms with Gasteiger partial charge in [-0.05, 0) is 24.8 Å². The van der Waals surface area contributed by atoms with Crippen LogP contribution in [0.1, 0.15) is 24.2 Å². The van der Waals surface area contributed by atoms with Crippen LogP contribution >= 0.6 is 24.0 Å². The number of benzene rings is 1. The lowest BCUT2D eigenvalue weighted by molar-refractivity contribution is 0.0888. The van der Waals surface area contributed by atoms with Crippen molar-refractivity contribution in [2.75, 3.05) is 40.0 Å². The molecule has 1 aliphatic heterocycles. The van der Waals surface area contributed by atoms with Crippen molar-refractivity contribution in [2.24, 2.45) is 10.9 Å². The monoisotopic (exact) mass is 527 g/mol. The first-order valence-corrected chi connectivity index (χ1v) is 10.5. The number of rotatable bonds is 11. The molecule has 1 aromatic heterocycles. The molecule has 8 heteroatoms. The van der Waals surface area contributed by atoms with Crippen LogP contribution in [-0.2, 0) is 29.0 Å². The highest BCUT2D eigenvalue weighted by molar-refractivity contribution is 14.0. The Bertz CT molecular complexity index is 732. The number of aryl methyl sites for hydroxylation is 2. The predicted octanol–water partition coefficient (Wildman–Crippen LogP) is 2.85. The summed E-state index contributed by atoms with van der Waals surface area (Å²) in [5.74, 6) is 2.36. The van der Waals surface area contributed by atoms with Gasteiger partial charge in [-0.25, -0.2) is 4.98 Å². The van der Waals surface area contributed by atoms with Crippen LogP contribution < -0.4 is 10.6 Å². The molecule has 1 unspecified atom stereocenters. The van der Waals surface area contributed by atoms with Gasteiger partial charge in [-0.1, -0.05) is 30.3 Å². The zero-order chi connectivity index (χ0) is 20.2. The fraction of sp³-hybridized carbons (Fsp3) is 0.545. The van der Waals surface area contributed by atoms with Crippen LogP contribution in [0.3, 0.4) is 0 Å². The molecule has 0 aliphatic carbocycles. The number of imidazole rings is 1. The molecule has 0 bridgehead atoms. The number of aromatic nitrogens is 2. The topological polar surface area (TPSA) is 72.7 Å². The van der Waals surface area contributed by atoms with E-state index in [4.69, 9.17) is 9.47 Å². The Morgan fingerprint density at radius 1 is 1.30 bits per heavy atom. The third kappa shape index (κ3) is 8.61. The highest BCUT2D eigenvalue weighted by Gasteiger charge is 2.15. The number of halogens is 1. The van der Waals surface area contributed by atoms with Crippen LogP contribution in [0, 0.1) is 5.92 Å². The standard InChI is InChI=1S/C22H33N5O2.HI/c1-23-22(25-10-5-14-28-17-20-9-15-29-18-20)26-16-21-24-11-13-27(21)12-8-19-6-3-2-4-7-19;/h2-4,6-7,11,13,20H,5,8-10,12,14-18H2,1H3,(H2,23,25,26);1H. The van der Waals surface area contributed by atoms with E-state index in [2.05, 4.69) is 49.4 Å². The first kappa shape index (κ1) is 24.6. The van der Waals surface area contributed by atoms with Gasteiger partial charge in [0.05, 0.1) is 19.8 Å². The largest absolute Gasteiger partial charge is 0.381 e. The van der Waals surface area contributed by atoms with Crippen molar-refractivity contribution in [1.29, 1.82) is 0 Å². The van der Waals surface area contributed by atoms with E-state index >= 15 is 0 Å². The Balaban J connectivity index is 0.00000320. The number of ether oxygens (including phenoxy) is 2. The summed E-state index contributed by atoms with van der Waals surface area (Å²) >= 11 is 0. The number of nitrogens with zero attached hydrogens (tertiary/aromatic N) is 3. The van der Waals surface area contributed by atoms with E-state index in [9.17, 15) is 0 Å². The molecule has 3 rings (SSSR count). The second kappa shape index (κ2) is 14.4. The lowest BCUT2D eigenvalue weighted by Gasteiger charge is -2.13. The van der Waals surface area contributed by atoms with Gasteiger partial charge < -0.3 is 24.7 Å². The minimum absolute atomic E-state index is 0. The highest BCUT2D eigenvalue weighted by Crippen LogP contribution is 2.12. The Morgan fingerprint density at radius 3 is 2.93 bits per heavy atom. The smallest absolute Gasteiger partial charge is 0.191 e. The van der Waals surface area contributed by atoms with E-state index in [-0.39, 0.29) is 24.0 Å². The summed E-state index contributed by atoms with van der Waals surface area (Å²) in [7, 11) is 1.79. The van der Waals surface area contributed by atoms with E-state index < -0.39 is 0 Å². The fourth-order valence-electron chi connectivity index (χ4n) is 3.33. The minimum atomic E-state index is 0. The molecular formula is C22H34IN5O2. The molecule has 0 amide bonds. The van der Waals surface area contributed by atoms with Crippen molar-refractivity contribution < 1.29 is 9.47 Å². The summed E-state index contributed by atoms with van der Waals surface area (Å²) in [6.07, 6.45) is 6.94. The van der Waals surface area contributed by atoms with Crippen LogP contribution in [0.4, 0.5) is 0 Å². The molecule has 7 nitrogen and oxygen atoms in total. The van der Waals surface area contributed by atoms with Crippen LogP contribution in [0.15, 0.2) is 47.7 Å². The zero-order valence-corrected chi connectivity index (χ0v) is 20.1. The quantitative estimate of drug-likeness (QED) is 0.204. The molecule has 1 aromatic carbocycles. The van der Waals surface area contributed by atoms with E-state index in [1.807, 2.05) is 18.5 Å². The molecular weight excluding hydrogens is 493 g/mol. The summed E-state index contributed by atoms with van der Waals surface area (Å²) in [6.45, 7) is 5.65. The lowest BCUT2D eigenvalue weighted by Crippen LogP contribution is -2.38. The second-order valence-corrected chi connectivity index (χ2v) is 7.28. The summed E-state index contributed by atoms with van der Waals surface area (Å²) in [4.78, 5) is 8.77. The van der Waals surface area contributed by atoms with Crippen LogP contribution in [0.5, 0.6) is 0 Å². The Labute approximate surface area is 196 Å². The third-order valence-corrected chi connectivity index (χ3v) is 5.06. The van der Waals surface area contributed by atoms with E-state index in [0.29, 0.717) is 12.5 Å². The van der Waals surface area contributed by atoms with Crippen molar-refractivity contribution in [2.45, 2.75) is 32.4 Å². The van der Waals surface area contributed by atoms with Crippen LogP contribution in [0.2, 0.25) is 0 Å². The summed E-state index contributed by atoms with van der Waals surface area (Å²) < 4.78 is 13.3. The summed E-state index contributed by atoms with van der Waals surface area (Å²) in [5, 5.41) is 6.68. The van der Waals surface area contributed by atoms with Crippen molar-refractivity contribution in [3.8, 4) is 0 Å². The van der Waals surface area contributed by atoms with Gasteiger partial charge in [-0.3, -0.25) is 4.99 Å². The molecule has 1 atom stereocenters. The Morgan fingerprint density at radius 2 is 2.17 bits per heavy atom. The fourth-order valence-corrected chi connectivity index (χ4v) is 3.33. The number of hydrogen-bond acceptors (Lipinski definition) is 4. The molecule has 0 spiro atoms. The maximum Gasteiger partial charge on any atom is 0.191 e. The Kier molecular flexibility index (Phi) is 11.8. The van der Waals surface area contributed by atoms with E-state index in [1.54, 1.807) is 7.05 Å². The Hall–Kier alpha value is -1.65. The first-order chi connectivity index (χ1) is 14.3. The molecule has 1 saturated heterocycles. The number of aliphatic imine (C=N–C) groups is 1. The molecule has 30 heavy (non-hydrogen) atoms. The minimum Gasteiger partial charge on any atom is -0.381 e. The molecule has 2 N–H and O–H groups in total. The maximum absolute atomic E-state index is 5.74. The summed E-state index contributed by atoms with van der Waals surface area (Å²) in [6, 6.07) is 10.5. The van der Waals surface area contributed by atoms with Crippen molar-refractivity contribution >= 4 is 29.9 Å². The van der Waals surface area contributed by atoms with Gasteiger partial charge in [-0.15, -0.1) is 24.0 Å². The van der Waals surface area contributed by atoms with Crippen molar-refractivity contribution in [3.63, 3.8) is 0 Å². The van der Waals surface area contributed by atoms with Crippen LogP contribution in [-0.4, -0.2) is 55.5 Å². The van der Waals surface area contributed by atoms with Gasteiger partial charge in [-0.2, -0.15) is 0 Å². The van der Waals surface area contributed by atoms with E-state index in [1.165, 1.54) is 5.56 Å². The van der Waals surface area contributed by atoms with Crippen LogP contribution in [0.25, 0.3) is 0 Å². The lowest BCUT2D eigenvalue weighted by atomic mass is 10.1. The zero-order valence-electron chi connectivity index (χ0n) is 17.8.